The number of piperidine rings is 1. The first-order chi connectivity index (χ1) is 11.7. The summed E-state index contributed by atoms with van der Waals surface area (Å²) in [4.78, 5) is 15.0. The van der Waals surface area contributed by atoms with Crippen LogP contribution in [0.5, 0.6) is 0 Å². The number of rotatable bonds is 5. The van der Waals surface area contributed by atoms with Crippen LogP contribution in [0.15, 0.2) is 30.3 Å². The van der Waals surface area contributed by atoms with Crippen molar-refractivity contribution in [2.45, 2.75) is 50.5 Å². The van der Waals surface area contributed by atoms with Crippen molar-refractivity contribution in [3.63, 3.8) is 0 Å². The largest absolute Gasteiger partial charge is 0.381 e. The molecule has 0 saturated carbocycles. The van der Waals surface area contributed by atoms with Crippen LogP contribution in [0.1, 0.15) is 44.6 Å². The van der Waals surface area contributed by atoms with Crippen LogP contribution < -0.4 is 5.32 Å². The molecule has 1 aromatic rings. The van der Waals surface area contributed by atoms with Gasteiger partial charge in [-0.25, -0.2) is 0 Å². The highest BCUT2D eigenvalue weighted by Gasteiger charge is 2.35. The van der Waals surface area contributed by atoms with E-state index in [9.17, 15) is 4.79 Å². The van der Waals surface area contributed by atoms with Crippen molar-refractivity contribution in [2.24, 2.45) is 0 Å². The van der Waals surface area contributed by atoms with E-state index >= 15 is 0 Å². The van der Waals surface area contributed by atoms with Gasteiger partial charge < -0.3 is 10.1 Å². The molecule has 1 N–H and O–H groups in total. The van der Waals surface area contributed by atoms with Crippen molar-refractivity contribution in [1.29, 1.82) is 0 Å². The summed E-state index contributed by atoms with van der Waals surface area (Å²) in [6, 6.07) is 10.6. The highest BCUT2D eigenvalue weighted by atomic mass is 16.5. The summed E-state index contributed by atoms with van der Waals surface area (Å²) in [5.74, 6) is 0.165. The molecule has 0 spiro atoms. The molecular formula is C20H30N2O2. The Morgan fingerprint density at radius 3 is 2.50 bits per heavy atom. The van der Waals surface area contributed by atoms with Crippen LogP contribution >= 0.6 is 0 Å². The normalized spacial score (nSPS) is 22.7. The van der Waals surface area contributed by atoms with Crippen LogP contribution in [0.2, 0.25) is 0 Å². The predicted molar refractivity (Wildman–Crippen MR) is 96.1 cm³/mol. The molecular weight excluding hydrogens is 300 g/mol. The molecule has 1 atom stereocenters. The Bertz CT molecular complexity index is 520. The van der Waals surface area contributed by atoms with Gasteiger partial charge in [0, 0.05) is 25.2 Å². The highest BCUT2D eigenvalue weighted by Crippen LogP contribution is 2.34. The van der Waals surface area contributed by atoms with E-state index in [1.54, 1.807) is 0 Å². The van der Waals surface area contributed by atoms with Crippen LogP contribution in [0.4, 0.5) is 0 Å². The third-order valence-electron chi connectivity index (χ3n) is 5.75. The van der Waals surface area contributed by atoms with Gasteiger partial charge in [-0.1, -0.05) is 36.8 Å². The Morgan fingerprint density at radius 1 is 1.17 bits per heavy atom. The Kier molecular flexibility index (Phi) is 5.90. The summed E-state index contributed by atoms with van der Waals surface area (Å²) < 4.78 is 5.57. The lowest BCUT2D eigenvalue weighted by atomic mass is 9.74. The van der Waals surface area contributed by atoms with E-state index in [0.717, 1.165) is 39.1 Å². The quantitative estimate of drug-likeness (QED) is 0.902. The molecule has 4 heteroatoms. The molecule has 0 radical (unpaired) electrons. The lowest BCUT2D eigenvalue weighted by Crippen LogP contribution is -2.51. The van der Waals surface area contributed by atoms with Crippen LogP contribution in [-0.4, -0.2) is 49.7 Å². The minimum absolute atomic E-state index is 0.0107. The number of nitrogens with one attached hydrogen (secondary N) is 1. The number of hydrogen-bond donors (Lipinski definition) is 1. The maximum atomic E-state index is 12.7. The van der Waals surface area contributed by atoms with Gasteiger partial charge in [0.2, 0.25) is 5.91 Å². The molecule has 1 aromatic carbocycles. The molecule has 132 valence electrons. The van der Waals surface area contributed by atoms with E-state index in [-0.39, 0.29) is 17.4 Å². The zero-order chi connectivity index (χ0) is 16.8. The fraction of sp³-hybridized carbons (Fsp3) is 0.650. The molecule has 2 fully saturated rings. The number of carbonyl (C=O) groups is 1. The zero-order valence-corrected chi connectivity index (χ0v) is 14.8. The maximum absolute atomic E-state index is 12.7. The first-order valence-electron chi connectivity index (χ1n) is 9.36. The number of carbonyl (C=O) groups excluding carboxylic acids is 1. The van der Waals surface area contributed by atoms with E-state index in [4.69, 9.17) is 4.74 Å². The van der Waals surface area contributed by atoms with Crippen LogP contribution in [0.25, 0.3) is 0 Å². The van der Waals surface area contributed by atoms with E-state index in [1.165, 1.54) is 24.8 Å². The SMILES string of the molecule is CC(C(=O)NCC1(c2ccccc2)CCOCC1)N1CCCCC1. The molecule has 2 saturated heterocycles. The molecule has 4 nitrogen and oxygen atoms in total. The molecule has 2 aliphatic rings. The molecule has 2 aliphatic heterocycles. The minimum Gasteiger partial charge on any atom is -0.381 e. The number of likely N-dealkylation sites (tertiary alicyclic amines) is 1. The van der Waals surface area contributed by atoms with Crippen LogP contribution in [0, 0.1) is 0 Å². The molecule has 0 bridgehead atoms. The van der Waals surface area contributed by atoms with Crippen molar-refractivity contribution in [2.75, 3.05) is 32.8 Å². The van der Waals surface area contributed by atoms with Gasteiger partial charge >= 0.3 is 0 Å². The van der Waals surface area contributed by atoms with Crippen LogP contribution in [-0.2, 0) is 14.9 Å². The first-order valence-corrected chi connectivity index (χ1v) is 9.36. The molecule has 1 unspecified atom stereocenters. The molecule has 0 aromatic heterocycles. The minimum atomic E-state index is -0.0297. The lowest BCUT2D eigenvalue weighted by molar-refractivity contribution is -0.126. The summed E-state index contributed by atoms with van der Waals surface area (Å²) in [5, 5.41) is 3.25. The third-order valence-corrected chi connectivity index (χ3v) is 5.75. The van der Waals surface area contributed by atoms with Crippen molar-refractivity contribution in [1.82, 2.24) is 10.2 Å². The Morgan fingerprint density at radius 2 is 1.83 bits per heavy atom. The van der Waals surface area contributed by atoms with E-state index < -0.39 is 0 Å². The summed E-state index contributed by atoms with van der Waals surface area (Å²) >= 11 is 0. The summed E-state index contributed by atoms with van der Waals surface area (Å²) in [5.41, 5.74) is 1.33. The number of hydrogen-bond acceptors (Lipinski definition) is 3. The van der Waals surface area contributed by atoms with Gasteiger partial charge in [0.1, 0.15) is 0 Å². The van der Waals surface area contributed by atoms with Gasteiger partial charge in [-0.05, 0) is 51.3 Å². The smallest absolute Gasteiger partial charge is 0.237 e. The average Bonchev–Trinajstić information content (AvgIpc) is 2.67. The van der Waals surface area contributed by atoms with Gasteiger partial charge in [0.15, 0.2) is 0 Å². The Balaban J connectivity index is 1.64. The van der Waals surface area contributed by atoms with Gasteiger partial charge in [-0.2, -0.15) is 0 Å². The number of benzene rings is 1. The van der Waals surface area contributed by atoms with E-state index in [2.05, 4.69) is 34.5 Å². The molecule has 1 amide bonds. The van der Waals surface area contributed by atoms with E-state index in [0.29, 0.717) is 6.54 Å². The Hall–Kier alpha value is -1.39. The predicted octanol–water partition coefficient (Wildman–Crippen LogP) is 2.73. The van der Waals surface area contributed by atoms with Crippen molar-refractivity contribution < 1.29 is 9.53 Å². The van der Waals surface area contributed by atoms with Crippen LogP contribution in [0.3, 0.4) is 0 Å². The van der Waals surface area contributed by atoms with Crippen molar-refractivity contribution in [3.05, 3.63) is 35.9 Å². The maximum Gasteiger partial charge on any atom is 0.237 e. The second-order valence-corrected chi connectivity index (χ2v) is 7.25. The van der Waals surface area contributed by atoms with Gasteiger partial charge in [-0.15, -0.1) is 0 Å². The standard InChI is InChI=1S/C20H30N2O2/c1-17(22-12-6-3-7-13-22)19(23)21-16-20(10-14-24-15-11-20)18-8-4-2-5-9-18/h2,4-5,8-9,17H,3,6-7,10-16H2,1H3,(H,21,23). The number of ether oxygens (including phenoxy) is 1. The highest BCUT2D eigenvalue weighted by molar-refractivity contribution is 5.81. The van der Waals surface area contributed by atoms with Gasteiger partial charge in [0.25, 0.3) is 0 Å². The molecule has 2 heterocycles. The van der Waals surface area contributed by atoms with Crippen molar-refractivity contribution in [3.8, 4) is 0 Å². The average molecular weight is 330 g/mol. The Labute approximate surface area is 145 Å². The fourth-order valence-electron chi connectivity index (χ4n) is 4.00. The monoisotopic (exact) mass is 330 g/mol. The number of nitrogens with zero attached hydrogens (tertiary/aromatic N) is 1. The second kappa shape index (κ2) is 8.13. The zero-order valence-electron chi connectivity index (χ0n) is 14.8. The third kappa shape index (κ3) is 3.98. The number of amides is 1. The lowest BCUT2D eigenvalue weighted by Gasteiger charge is -2.39. The molecule has 24 heavy (non-hydrogen) atoms. The van der Waals surface area contributed by atoms with Gasteiger partial charge in [0.05, 0.1) is 6.04 Å². The van der Waals surface area contributed by atoms with Gasteiger partial charge in [-0.3, -0.25) is 9.69 Å². The summed E-state index contributed by atoms with van der Waals surface area (Å²) in [6.45, 7) is 6.38. The van der Waals surface area contributed by atoms with Crippen molar-refractivity contribution >= 4 is 5.91 Å². The topological polar surface area (TPSA) is 41.6 Å². The molecule has 3 rings (SSSR count). The summed E-state index contributed by atoms with van der Waals surface area (Å²) in [7, 11) is 0. The second-order valence-electron chi connectivity index (χ2n) is 7.25. The van der Waals surface area contributed by atoms with E-state index in [1.807, 2.05) is 13.0 Å². The first kappa shape index (κ1) is 17.4. The summed E-state index contributed by atoms with van der Waals surface area (Å²) in [6.07, 6.45) is 5.65. The fourth-order valence-corrected chi connectivity index (χ4v) is 4.00. The molecule has 0 aliphatic carbocycles.